The third-order valence-electron chi connectivity index (χ3n) is 12.6. The second-order valence-electron chi connectivity index (χ2n) is 14.6. The zero-order valence-corrected chi connectivity index (χ0v) is 24.6. The predicted octanol–water partition coefficient (Wildman–Crippen LogP) is 8.89. The first-order valence-corrected chi connectivity index (χ1v) is 15.4. The Bertz CT molecular complexity index is 1000. The zero-order valence-electron chi connectivity index (χ0n) is 24.6. The Kier molecular flexibility index (Phi) is 7.16. The summed E-state index contributed by atoms with van der Waals surface area (Å²) < 4.78 is 6.67. The summed E-state index contributed by atoms with van der Waals surface area (Å²) in [5, 5.41) is 0. The van der Waals surface area contributed by atoms with E-state index in [2.05, 4.69) is 53.7 Å². The summed E-state index contributed by atoms with van der Waals surface area (Å²) in [6.45, 7) is 15.1. The normalized spacial score (nSPS) is 41.6. The lowest BCUT2D eigenvalue weighted by Crippen LogP contribution is -2.60. The fraction of sp³-hybridized carbons (Fsp3) is 0.765. The second-order valence-corrected chi connectivity index (χ2v) is 14.6. The summed E-state index contributed by atoms with van der Waals surface area (Å²) in [4.78, 5) is 0. The summed E-state index contributed by atoms with van der Waals surface area (Å²) in [5.74, 6) is 5.96. The molecule has 0 aliphatic heterocycles. The highest BCUT2D eigenvalue weighted by Gasteiger charge is 2.63. The van der Waals surface area contributed by atoms with Gasteiger partial charge in [0.15, 0.2) is 0 Å². The van der Waals surface area contributed by atoms with Crippen LogP contribution < -0.4 is 16.2 Å². The number of allylic oxidation sites excluding steroid dienone is 2. The van der Waals surface area contributed by atoms with Gasteiger partial charge in [0, 0.05) is 17.2 Å². The molecule has 37 heavy (non-hydrogen) atoms. The fourth-order valence-electron chi connectivity index (χ4n) is 10.8. The molecular formula is C34H54N2O. The monoisotopic (exact) mass is 506 g/mol. The van der Waals surface area contributed by atoms with Crippen molar-refractivity contribution in [1.29, 1.82) is 0 Å². The molecule has 9 unspecified atom stereocenters. The highest BCUT2D eigenvalue weighted by Crippen LogP contribution is 2.70. The van der Waals surface area contributed by atoms with E-state index in [-0.39, 0.29) is 11.5 Å². The molecule has 4 aliphatic carbocycles. The van der Waals surface area contributed by atoms with Crippen molar-refractivity contribution in [1.82, 2.24) is 0 Å². The van der Waals surface area contributed by atoms with E-state index in [9.17, 15) is 0 Å². The summed E-state index contributed by atoms with van der Waals surface area (Å²) in [5.41, 5.74) is 14.9. The molecule has 0 radical (unpaired) electrons. The standard InChI is InChI=1S/C34H54N2O/c1-7-8-9-10-22(2)25-13-14-26-24-12-16-30-32(3,4)31(37-29-21-23(35)11-15-28(29)36)18-20-34(30,6)27(24)17-19-33(25,26)5/h7-8,11,15,21-22,24-27,30-31H,9-10,12-14,16-20,35-36H2,1-6H3. The third-order valence-corrected chi connectivity index (χ3v) is 12.6. The maximum atomic E-state index is 6.67. The van der Waals surface area contributed by atoms with Gasteiger partial charge in [-0.25, -0.2) is 0 Å². The van der Waals surface area contributed by atoms with Gasteiger partial charge in [-0.15, -0.1) is 0 Å². The molecule has 206 valence electrons. The van der Waals surface area contributed by atoms with Crippen molar-refractivity contribution < 1.29 is 4.74 Å². The molecule has 0 saturated heterocycles. The van der Waals surface area contributed by atoms with E-state index in [4.69, 9.17) is 16.2 Å². The van der Waals surface area contributed by atoms with Crippen LogP contribution in [0.15, 0.2) is 30.4 Å². The van der Waals surface area contributed by atoms with E-state index in [1.165, 1.54) is 57.8 Å². The summed E-state index contributed by atoms with van der Waals surface area (Å²) in [7, 11) is 0. The van der Waals surface area contributed by atoms with E-state index >= 15 is 0 Å². The minimum Gasteiger partial charge on any atom is -0.488 e. The average Bonchev–Trinajstić information content (AvgIpc) is 3.20. The predicted molar refractivity (Wildman–Crippen MR) is 157 cm³/mol. The fourth-order valence-corrected chi connectivity index (χ4v) is 10.8. The van der Waals surface area contributed by atoms with Crippen molar-refractivity contribution >= 4 is 11.4 Å². The van der Waals surface area contributed by atoms with Gasteiger partial charge in [-0.05, 0) is 130 Å². The van der Waals surface area contributed by atoms with Gasteiger partial charge >= 0.3 is 0 Å². The van der Waals surface area contributed by atoms with Gasteiger partial charge in [0.1, 0.15) is 11.9 Å². The van der Waals surface area contributed by atoms with Crippen molar-refractivity contribution in [3.63, 3.8) is 0 Å². The number of rotatable bonds is 6. The Labute approximate surface area is 227 Å². The molecule has 3 nitrogen and oxygen atoms in total. The largest absolute Gasteiger partial charge is 0.488 e. The van der Waals surface area contributed by atoms with E-state index < -0.39 is 0 Å². The van der Waals surface area contributed by atoms with Crippen LogP contribution in [0.4, 0.5) is 11.4 Å². The van der Waals surface area contributed by atoms with Crippen LogP contribution in [0.5, 0.6) is 5.75 Å². The minimum atomic E-state index is 0.120. The van der Waals surface area contributed by atoms with Gasteiger partial charge in [0.25, 0.3) is 0 Å². The van der Waals surface area contributed by atoms with Gasteiger partial charge in [0.2, 0.25) is 0 Å². The molecule has 4 aliphatic rings. The molecular weight excluding hydrogens is 452 g/mol. The maximum absolute atomic E-state index is 6.67. The molecule has 4 fully saturated rings. The first-order valence-electron chi connectivity index (χ1n) is 15.4. The highest BCUT2D eigenvalue weighted by molar-refractivity contribution is 5.59. The number of nitrogen functional groups attached to an aromatic ring is 2. The SMILES string of the molecule is CC=CCCC(C)C1CCC2C3CCC4C(C)(C)C(Oc5cc(N)ccc5N)CCC4(C)C3CCC12C. The maximum Gasteiger partial charge on any atom is 0.144 e. The molecule has 3 heteroatoms. The molecule has 1 aromatic rings. The van der Waals surface area contributed by atoms with Crippen LogP contribution in [-0.4, -0.2) is 6.10 Å². The number of nitrogens with two attached hydrogens (primary N) is 2. The Balaban J connectivity index is 1.33. The van der Waals surface area contributed by atoms with Crippen molar-refractivity contribution in [2.75, 3.05) is 11.5 Å². The third kappa shape index (κ3) is 4.41. The van der Waals surface area contributed by atoms with Crippen molar-refractivity contribution in [2.45, 2.75) is 112 Å². The highest BCUT2D eigenvalue weighted by atomic mass is 16.5. The number of hydrogen-bond donors (Lipinski definition) is 2. The first-order chi connectivity index (χ1) is 17.5. The zero-order chi connectivity index (χ0) is 26.6. The van der Waals surface area contributed by atoms with E-state index in [0.717, 1.165) is 47.4 Å². The quantitative estimate of drug-likeness (QED) is 0.299. The van der Waals surface area contributed by atoms with Crippen LogP contribution in [0.25, 0.3) is 0 Å². The van der Waals surface area contributed by atoms with E-state index in [0.29, 0.717) is 22.4 Å². The molecule has 0 amide bonds. The van der Waals surface area contributed by atoms with Crippen molar-refractivity contribution in [3.8, 4) is 5.75 Å². The average molecular weight is 507 g/mol. The summed E-state index contributed by atoms with van der Waals surface area (Å²) in [6.07, 6.45) is 18.4. The lowest BCUT2D eigenvalue weighted by molar-refractivity contribution is -0.174. The van der Waals surface area contributed by atoms with E-state index in [1.54, 1.807) is 0 Å². The number of hydrogen-bond acceptors (Lipinski definition) is 3. The molecule has 4 saturated carbocycles. The van der Waals surface area contributed by atoms with Crippen LogP contribution in [0, 0.1) is 51.8 Å². The van der Waals surface area contributed by atoms with Crippen LogP contribution in [-0.2, 0) is 0 Å². The Morgan fingerprint density at radius 1 is 0.946 bits per heavy atom. The minimum absolute atomic E-state index is 0.120. The van der Waals surface area contributed by atoms with Crippen LogP contribution in [0.1, 0.15) is 106 Å². The Hall–Kier alpha value is -1.64. The molecule has 1 aromatic carbocycles. The molecule has 4 N–H and O–H groups in total. The molecule has 0 aromatic heterocycles. The number of fused-ring (bicyclic) bond motifs is 5. The number of anilines is 2. The number of benzene rings is 1. The molecule has 5 rings (SSSR count). The van der Waals surface area contributed by atoms with Gasteiger partial charge in [0.05, 0.1) is 5.69 Å². The van der Waals surface area contributed by atoms with Gasteiger partial charge in [-0.3, -0.25) is 0 Å². The van der Waals surface area contributed by atoms with Gasteiger partial charge < -0.3 is 16.2 Å². The number of ether oxygens (including phenoxy) is 1. The summed E-state index contributed by atoms with van der Waals surface area (Å²) in [6, 6.07) is 5.65. The first kappa shape index (κ1) is 26.9. The molecule has 0 spiro atoms. The lowest BCUT2D eigenvalue weighted by Gasteiger charge is -2.65. The topological polar surface area (TPSA) is 61.3 Å². The Morgan fingerprint density at radius 2 is 1.68 bits per heavy atom. The van der Waals surface area contributed by atoms with Crippen LogP contribution in [0.2, 0.25) is 0 Å². The van der Waals surface area contributed by atoms with Crippen molar-refractivity contribution in [3.05, 3.63) is 30.4 Å². The van der Waals surface area contributed by atoms with Gasteiger partial charge in [-0.2, -0.15) is 0 Å². The van der Waals surface area contributed by atoms with E-state index in [1.807, 2.05) is 18.2 Å². The molecule has 0 heterocycles. The van der Waals surface area contributed by atoms with Crippen LogP contribution >= 0.6 is 0 Å². The second kappa shape index (κ2) is 9.83. The molecule has 9 atom stereocenters. The Morgan fingerprint density at radius 3 is 2.43 bits per heavy atom. The smallest absolute Gasteiger partial charge is 0.144 e. The van der Waals surface area contributed by atoms with Crippen molar-refractivity contribution in [2.24, 2.45) is 51.8 Å². The molecule has 0 bridgehead atoms. The van der Waals surface area contributed by atoms with Crippen LogP contribution in [0.3, 0.4) is 0 Å². The van der Waals surface area contributed by atoms with Gasteiger partial charge in [-0.1, -0.05) is 46.8 Å². The summed E-state index contributed by atoms with van der Waals surface area (Å²) >= 11 is 0. The lowest BCUT2D eigenvalue weighted by atomic mass is 9.41.